The molecule has 5 rings (SSSR count). The van der Waals surface area contributed by atoms with Gasteiger partial charge in [0.2, 0.25) is 0 Å². The molecule has 0 aliphatic carbocycles. The van der Waals surface area contributed by atoms with Crippen molar-refractivity contribution in [2.75, 3.05) is 12.4 Å². The number of nitrogens with one attached hydrogen (secondary N) is 1. The molecule has 4 aromatic carbocycles. The molecule has 0 atom stereocenters. The first-order valence-corrected chi connectivity index (χ1v) is 10.7. The van der Waals surface area contributed by atoms with E-state index in [0.29, 0.717) is 16.9 Å². The molecule has 0 unspecified atom stereocenters. The Morgan fingerprint density at radius 2 is 1.45 bits per heavy atom. The minimum Gasteiger partial charge on any atom is -0.497 e. The van der Waals surface area contributed by atoms with Crippen LogP contribution in [-0.4, -0.2) is 23.8 Å². The van der Waals surface area contributed by atoms with E-state index in [0.717, 1.165) is 22.0 Å². The Morgan fingerprint density at radius 3 is 2.21 bits per heavy atom. The third kappa shape index (κ3) is 3.85. The molecule has 0 radical (unpaired) electrons. The van der Waals surface area contributed by atoms with E-state index in [9.17, 15) is 9.59 Å². The lowest BCUT2D eigenvalue weighted by Crippen LogP contribution is -2.32. The molecular weight excluding hydrogens is 412 g/mol. The van der Waals surface area contributed by atoms with Crippen LogP contribution >= 0.6 is 0 Å². The second kappa shape index (κ2) is 8.63. The third-order valence-electron chi connectivity index (χ3n) is 5.78. The van der Waals surface area contributed by atoms with Gasteiger partial charge in [-0.25, -0.2) is 0 Å². The van der Waals surface area contributed by atoms with Crippen molar-refractivity contribution < 1.29 is 14.3 Å². The lowest BCUT2D eigenvalue weighted by Gasteiger charge is -2.16. The number of carbonyl (C=O) groups is 2. The van der Waals surface area contributed by atoms with E-state index < -0.39 is 0 Å². The van der Waals surface area contributed by atoms with Crippen LogP contribution in [-0.2, 0) is 16.1 Å². The van der Waals surface area contributed by atoms with E-state index in [2.05, 4.69) is 5.32 Å². The van der Waals surface area contributed by atoms with Crippen molar-refractivity contribution in [3.63, 3.8) is 0 Å². The maximum absolute atomic E-state index is 13.5. The molecule has 4 aromatic rings. The summed E-state index contributed by atoms with van der Waals surface area (Å²) >= 11 is 0. The first kappa shape index (κ1) is 20.5. The standard InChI is InChI=1S/C28H22N2O3/c1-33-22-16-14-21(15-17-22)25-26(29-24-13-7-11-20-10-5-6-12-23(20)24)28(32)30(27(25)31)18-19-8-3-2-4-9-19/h2-17,29H,18H2,1H3. The average molecular weight is 434 g/mol. The molecule has 1 aliphatic rings. The monoisotopic (exact) mass is 434 g/mol. The topological polar surface area (TPSA) is 58.6 Å². The van der Waals surface area contributed by atoms with Gasteiger partial charge in [-0.1, -0.05) is 78.9 Å². The van der Waals surface area contributed by atoms with E-state index in [4.69, 9.17) is 4.74 Å². The number of rotatable bonds is 6. The Hall–Kier alpha value is -4.38. The van der Waals surface area contributed by atoms with E-state index >= 15 is 0 Å². The minimum atomic E-state index is -0.345. The highest BCUT2D eigenvalue weighted by Crippen LogP contribution is 2.34. The van der Waals surface area contributed by atoms with Crippen LogP contribution in [0, 0.1) is 0 Å². The third-order valence-corrected chi connectivity index (χ3v) is 5.78. The Kier molecular flexibility index (Phi) is 5.37. The number of ether oxygens (including phenoxy) is 1. The molecule has 5 nitrogen and oxygen atoms in total. The number of anilines is 1. The molecule has 1 heterocycles. The highest BCUT2D eigenvalue weighted by atomic mass is 16.5. The largest absolute Gasteiger partial charge is 0.497 e. The zero-order valence-corrected chi connectivity index (χ0v) is 18.1. The highest BCUT2D eigenvalue weighted by Gasteiger charge is 2.39. The van der Waals surface area contributed by atoms with Gasteiger partial charge in [0.15, 0.2) is 0 Å². The van der Waals surface area contributed by atoms with Gasteiger partial charge in [0, 0.05) is 11.1 Å². The molecule has 0 spiro atoms. The van der Waals surface area contributed by atoms with Crippen molar-refractivity contribution >= 4 is 33.8 Å². The van der Waals surface area contributed by atoms with E-state index in [1.54, 1.807) is 31.4 Å². The molecule has 0 saturated carbocycles. The van der Waals surface area contributed by atoms with Crippen molar-refractivity contribution in [1.29, 1.82) is 0 Å². The first-order chi connectivity index (χ1) is 16.2. The number of hydrogen-bond donors (Lipinski definition) is 1. The number of fused-ring (bicyclic) bond motifs is 1. The summed E-state index contributed by atoms with van der Waals surface area (Å²) in [6.07, 6.45) is 0. The van der Waals surface area contributed by atoms with Gasteiger partial charge in [0.05, 0.1) is 19.2 Å². The fourth-order valence-corrected chi connectivity index (χ4v) is 4.10. The molecule has 0 fully saturated rings. The van der Waals surface area contributed by atoms with Crippen molar-refractivity contribution in [1.82, 2.24) is 4.90 Å². The van der Waals surface area contributed by atoms with Crippen LogP contribution < -0.4 is 10.1 Å². The Balaban J connectivity index is 1.59. The Labute approximate surface area is 191 Å². The van der Waals surface area contributed by atoms with Gasteiger partial charge >= 0.3 is 0 Å². The van der Waals surface area contributed by atoms with Crippen LogP contribution in [0.4, 0.5) is 5.69 Å². The zero-order valence-electron chi connectivity index (χ0n) is 18.1. The van der Waals surface area contributed by atoms with E-state index in [-0.39, 0.29) is 24.1 Å². The first-order valence-electron chi connectivity index (χ1n) is 10.7. The number of imide groups is 1. The normalized spacial score (nSPS) is 13.7. The van der Waals surface area contributed by atoms with E-state index in [1.807, 2.05) is 72.8 Å². The quantitative estimate of drug-likeness (QED) is 0.422. The average Bonchev–Trinajstić information content (AvgIpc) is 3.09. The fourth-order valence-electron chi connectivity index (χ4n) is 4.10. The molecule has 0 bridgehead atoms. The van der Waals surface area contributed by atoms with Crippen LogP contribution in [0.2, 0.25) is 0 Å². The number of amides is 2. The van der Waals surface area contributed by atoms with E-state index in [1.165, 1.54) is 4.90 Å². The van der Waals surface area contributed by atoms with Crippen molar-refractivity contribution in [2.45, 2.75) is 6.54 Å². The summed E-state index contributed by atoms with van der Waals surface area (Å²) in [5, 5.41) is 5.32. The highest BCUT2D eigenvalue weighted by molar-refractivity contribution is 6.36. The molecule has 1 aliphatic heterocycles. The fraction of sp³-hybridized carbons (Fsp3) is 0.0714. The number of carbonyl (C=O) groups excluding carboxylic acids is 2. The number of nitrogens with zero attached hydrogens (tertiary/aromatic N) is 1. The summed E-state index contributed by atoms with van der Waals surface area (Å²) < 4.78 is 5.26. The predicted octanol–water partition coefficient (Wildman–Crippen LogP) is 5.24. The lowest BCUT2D eigenvalue weighted by molar-refractivity contribution is -0.137. The van der Waals surface area contributed by atoms with Gasteiger partial charge in [0.25, 0.3) is 11.8 Å². The van der Waals surface area contributed by atoms with Gasteiger partial charge in [0.1, 0.15) is 11.4 Å². The predicted molar refractivity (Wildman–Crippen MR) is 129 cm³/mol. The summed E-state index contributed by atoms with van der Waals surface area (Å²) in [6, 6.07) is 30.5. The number of methoxy groups -OCH3 is 1. The molecule has 0 saturated heterocycles. The van der Waals surface area contributed by atoms with Crippen LogP contribution in [0.3, 0.4) is 0 Å². The smallest absolute Gasteiger partial charge is 0.278 e. The Morgan fingerprint density at radius 1 is 0.758 bits per heavy atom. The summed E-state index contributed by atoms with van der Waals surface area (Å²) in [6.45, 7) is 0.207. The van der Waals surface area contributed by atoms with Crippen LogP contribution in [0.25, 0.3) is 16.3 Å². The maximum Gasteiger partial charge on any atom is 0.278 e. The van der Waals surface area contributed by atoms with Crippen LogP contribution in [0.15, 0.2) is 103 Å². The molecule has 162 valence electrons. The zero-order chi connectivity index (χ0) is 22.8. The van der Waals surface area contributed by atoms with Gasteiger partial charge in [-0.05, 0) is 34.7 Å². The molecule has 2 amide bonds. The van der Waals surface area contributed by atoms with Crippen LogP contribution in [0.5, 0.6) is 5.75 Å². The molecule has 1 N–H and O–H groups in total. The van der Waals surface area contributed by atoms with Crippen LogP contribution in [0.1, 0.15) is 11.1 Å². The second-order valence-corrected chi connectivity index (χ2v) is 7.81. The van der Waals surface area contributed by atoms with Gasteiger partial charge in [-0.15, -0.1) is 0 Å². The molecule has 5 heteroatoms. The number of hydrogen-bond acceptors (Lipinski definition) is 4. The summed E-state index contributed by atoms with van der Waals surface area (Å²) in [5.74, 6) is 0.0141. The SMILES string of the molecule is COc1ccc(C2=C(Nc3cccc4ccccc34)C(=O)N(Cc3ccccc3)C2=O)cc1. The minimum absolute atomic E-state index is 0.207. The van der Waals surface area contributed by atoms with Crippen molar-refractivity contribution in [2.24, 2.45) is 0 Å². The molecule has 0 aromatic heterocycles. The Bertz CT molecular complexity index is 1370. The lowest BCUT2D eigenvalue weighted by atomic mass is 10.0. The van der Waals surface area contributed by atoms with Gasteiger partial charge < -0.3 is 10.1 Å². The van der Waals surface area contributed by atoms with Crippen molar-refractivity contribution in [3.8, 4) is 5.75 Å². The molecule has 33 heavy (non-hydrogen) atoms. The summed E-state index contributed by atoms with van der Waals surface area (Å²) in [4.78, 5) is 28.3. The summed E-state index contributed by atoms with van der Waals surface area (Å²) in [7, 11) is 1.59. The molecular formula is C28H22N2O3. The summed E-state index contributed by atoms with van der Waals surface area (Å²) in [5.41, 5.74) is 2.95. The van der Waals surface area contributed by atoms with Gasteiger partial charge in [-0.3, -0.25) is 14.5 Å². The number of benzene rings is 4. The maximum atomic E-state index is 13.5. The van der Waals surface area contributed by atoms with Crippen molar-refractivity contribution in [3.05, 3.63) is 114 Å². The van der Waals surface area contributed by atoms with Gasteiger partial charge in [-0.2, -0.15) is 0 Å². The second-order valence-electron chi connectivity index (χ2n) is 7.81.